The molecule has 0 bridgehead atoms. The van der Waals surface area contributed by atoms with Crippen LogP contribution in [-0.4, -0.2) is 9.38 Å². The van der Waals surface area contributed by atoms with Crippen LogP contribution in [0.4, 0.5) is 11.5 Å². The van der Waals surface area contributed by atoms with Crippen LogP contribution in [-0.2, 0) is 0 Å². The Morgan fingerprint density at radius 3 is 2.56 bits per heavy atom. The van der Waals surface area contributed by atoms with Gasteiger partial charge in [0.15, 0.2) is 0 Å². The Hall–Kier alpha value is -2.30. The quantitative estimate of drug-likeness (QED) is 0.441. The molecule has 3 nitrogen and oxygen atoms in total. The van der Waals surface area contributed by atoms with Gasteiger partial charge in [-0.05, 0) is 47.2 Å². The lowest BCUT2D eigenvalue weighted by Gasteiger charge is -2.10. The Morgan fingerprint density at radius 2 is 1.88 bits per heavy atom. The maximum Gasteiger partial charge on any atom is 0.144 e. The molecule has 5 heteroatoms. The molecule has 4 aromatic rings. The third-order valence-corrected chi connectivity index (χ3v) is 5.28. The lowest BCUT2D eigenvalue weighted by Crippen LogP contribution is -1.97. The van der Waals surface area contributed by atoms with E-state index >= 15 is 0 Å². The minimum atomic E-state index is 0.519. The van der Waals surface area contributed by atoms with E-state index in [1.165, 1.54) is 5.56 Å². The van der Waals surface area contributed by atoms with Gasteiger partial charge in [0, 0.05) is 11.9 Å². The van der Waals surface area contributed by atoms with E-state index in [1.807, 2.05) is 28.8 Å². The van der Waals surface area contributed by atoms with Gasteiger partial charge < -0.3 is 5.32 Å². The van der Waals surface area contributed by atoms with Crippen molar-refractivity contribution in [3.8, 4) is 10.6 Å². The summed E-state index contributed by atoms with van der Waals surface area (Å²) in [6, 6.07) is 16.5. The van der Waals surface area contributed by atoms with E-state index in [0.717, 1.165) is 27.7 Å². The van der Waals surface area contributed by atoms with E-state index in [9.17, 15) is 0 Å². The summed E-state index contributed by atoms with van der Waals surface area (Å²) in [4.78, 5) is 5.92. The Bertz CT molecular complexity index is 1000. The molecule has 1 aromatic carbocycles. The number of nitrogens with one attached hydrogen (secondary N) is 1. The molecular formula is C20H18ClN3S. The van der Waals surface area contributed by atoms with Crippen molar-refractivity contribution < 1.29 is 0 Å². The molecule has 0 aliphatic heterocycles. The zero-order valence-corrected chi connectivity index (χ0v) is 15.6. The van der Waals surface area contributed by atoms with Crippen molar-refractivity contribution in [3.63, 3.8) is 0 Å². The number of halogens is 1. The largest absolute Gasteiger partial charge is 0.339 e. The Morgan fingerprint density at radius 1 is 1.08 bits per heavy atom. The molecule has 0 saturated heterocycles. The smallest absolute Gasteiger partial charge is 0.144 e. The third-order valence-electron chi connectivity index (χ3n) is 4.18. The lowest BCUT2D eigenvalue weighted by molar-refractivity contribution is 0.867. The number of hydrogen-bond donors (Lipinski definition) is 1. The van der Waals surface area contributed by atoms with Crippen LogP contribution in [0, 0.1) is 0 Å². The predicted octanol–water partition coefficient (Wildman–Crippen LogP) is 6.58. The molecule has 0 aliphatic carbocycles. The van der Waals surface area contributed by atoms with Crippen LogP contribution < -0.4 is 5.32 Å². The number of imidazole rings is 1. The van der Waals surface area contributed by atoms with Gasteiger partial charge in [0.1, 0.15) is 17.2 Å². The zero-order chi connectivity index (χ0) is 17.4. The highest BCUT2D eigenvalue weighted by Crippen LogP contribution is 2.34. The third kappa shape index (κ3) is 3.15. The normalized spacial score (nSPS) is 11.4. The molecule has 0 spiro atoms. The van der Waals surface area contributed by atoms with Crippen molar-refractivity contribution in [2.45, 2.75) is 19.8 Å². The highest BCUT2D eigenvalue weighted by molar-refractivity contribution is 7.13. The number of nitrogens with zero attached hydrogens (tertiary/aromatic N) is 2. The fraction of sp³-hybridized carbons (Fsp3) is 0.150. The van der Waals surface area contributed by atoms with Crippen molar-refractivity contribution in [3.05, 3.63) is 70.7 Å². The van der Waals surface area contributed by atoms with Crippen LogP contribution in [0.5, 0.6) is 0 Å². The number of anilines is 2. The predicted molar refractivity (Wildman–Crippen MR) is 107 cm³/mol. The zero-order valence-electron chi connectivity index (χ0n) is 14.0. The molecule has 0 fully saturated rings. The molecule has 0 atom stereocenters. The number of rotatable bonds is 4. The molecule has 4 rings (SSSR count). The first kappa shape index (κ1) is 16.2. The van der Waals surface area contributed by atoms with Crippen LogP contribution in [0.1, 0.15) is 25.3 Å². The first-order valence-electron chi connectivity index (χ1n) is 8.20. The van der Waals surface area contributed by atoms with E-state index in [-0.39, 0.29) is 0 Å². The van der Waals surface area contributed by atoms with Gasteiger partial charge >= 0.3 is 0 Å². The summed E-state index contributed by atoms with van der Waals surface area (Å²) in [6.45, 7) is 4.40. The molecule has 0 saturated carbocycles. The van der Waals surface area contributed by atoms with E-state index in [2.05, 4.69) is 54.9 Å². The van der Waals surface area contributed by atoms with Crippen LogP contribution in [0.2, 0.25) is 5.02 Å². The summed E-state index contributed by atoms with van der Waals surface area (Å²) in [5, 5.41) is 6.27. The van der Waals surface area contributed by atoms with E-state index < -0.39 is 0 Å². The van der Waals surface area contributed by atoms with Crippen molar-refractivity contribution in [2.24, 2.45) is 0 Å². The molecule has 0 amide bonds. The SMILES string of the molecule is CC(C)c1ccc(Nc2c(-c3cccs3)nc3ccc(Cl)cn23)cc1. The van der Waals surface area contributed by atoms with Crippen LogP contribution >= 0.6 is 22.9 Å². The minimum Gasteiger partial charge on any atom is -0.339 e. The molecule has 25 heavy (non-hydrogen) atoms. The number of aromatic nitrogens is 2. The maximum absolute atomic E-state index is 6.21. The Balaban J connectivity index is 1.81. The molecule has 0 aliphatic rings. The standard InChI is InChI=1S/C20H18ClN3S/c1-13(2)14-5-8-16(9-6-14)22-20-19(17-4-3-11-25-17)23-18-10-7-15(21)12-24(18)20/h3-13,22H,1-2H3. The average molecular weight is 368 g/mol. The number of thiophene rings is 1. The maximum atomic E-state index is 6.21. The van der Waals surface area contributed by atoms with Crippen LogP contribution in [0.3, 0.4) is 0 Å². The summed E-state index contributed by atoms with van der Waals surface area (Å²) in [7, 11) is 0. The number of fused-ring (bicyclic) bond motifs is 1. The molecule has 3 aromatic heterocycles. The number of benzene rings is 1. The van der Waals surface area contributed by atoms with Crippen LogP contribution in [0.25, 0.3) is 16.2 Å². The second-order valence-electron chi connectivity index (χ2n) is 6.26. The van der Waals surface area contributed by atoms with Crippen molar-refractivity contribution in [1.82, 2.24) is 9.38 Å². The first-order chi connectivity index (χ1) is 12.1. The van der Waals surface area contributed by atoms with Crippen molar-refractivity contribution >= 4 is 40.1 Å². The molecule has 1 N–H and O–H groups in total. The summed E-state index contributed by atoms with van der Waals surface area (Å²) >= 11 is 7.89. The lowest BCUT2D eigenvalue weighted by atomic mass is 10.0. The monoisotopic (exact) mass is 367 g/mol. The molecular weight excluding hydrogens is 350 g/mol. The topological polar surface area (TPSA) is 29.3 Å². The fourth-order valence-electron chi connectivity index (χ4n) is 2.81. The summed E-state index contributed by atoms with van der Waals surface area (Å²) in [5.41, 5.74) is 4.16. The summed E-state index contributed by atoms with van der Waals surface area (Å²) in [5.74, 6) is 1.45. The van der Waals surface area contributed by atoms with Gasteiger partial charge in [-0.25, -0.2) is 4.98 Å². The van der Waals surface area contributed by atoms with Gasteiger partial charge in [-0.3, -0.25) is 4.40 Å². The fourth-order valence-corrected chi connectivity index (χ4v) is 3.69. The molecule has 0 unspecified atom stereocenters. The highest BCUT2D eigenvalue weighted by Gasteiger charge is 2.15. The van der Waals surface area contributed by atoms with Gasteiger partial charge in [0.25, 0.3) is 0 Å². The second-order valence-corrected chi connectivity index (χ2v) is 7.65. The highest BCUT2D eigenvalue weighted by atomic mass is 35.5. The summed E-state index contributed by atoms with van der Waals surface area (Å²) < 4.78 is 2.01. The average Bonchev–Trinajstić information content (AvgIpc) is 3.24. The Labute approximate surface area is 155 Å². The Kier molecular flexibility index (Phi) is 4.24. The van der Waals surface area contributed by atoms with Crippen molar-refractivity contribution in [1.29, 1.82) is 0 Å². The van der Waals surface area contributed by atoms with E-state index in [1.54, 1.807) is 11.3 Å². The van der Waals surface area contributed by atoms with Gasteiger partial charge in [-0.2, -0.15) is 0 Å². The first-order valence-corrected chi connectivity index (χ1v) is 9.46. The molecule has 3 heterocycles. The van der Waals surface area contributed by atoms with Gasteiger partial charge in [-0.1, -0.05) is 43.6 Å². The molecule has 126 valence electrons. The number of hydrogen-bond acceptors (Lipinski definition) is 3. The van der Waals surface area contributed by atoms with E-state index in [0.29, 0.717) is 10.9 Å². The van der Waals surface area contributed by atoms with E-state index in [4.69, 9.17) is 16.6 Å². The van der Waals surface area contributed by atoms with Crippen molar-refractivity contribution in [2.75, 3.05) is 5.32 Å². The van der Waals surface area contributed by atoms with Crippen LogP contribution in [0.15, 0.2) is 60.1 Å². The van der Waals surface area contributed by atoms with Gasteiger partial charge in [0.2, 0.25) is 0 Å². The van der Waals surface area contributed by atoms with Gasteiger partial charge in [-0.15, -0.1) is 11.3 Å². The second kappa shape index (κ2) is 6.54. The van der Waals surface area contributed by atoms with Gasteiger partial charge in [0.05, 0.1) is 9.90 Å². The molecule has 0 radical (unpaired) electrons. The number of pyridine rings is 1. The summed E-state index contributed by atoms with van der Waals surface area (Å²) in [6.07, 6.45) is 1.89. The minimum absolute atomic E-state index is 0.519.